The molecule has 13 heteroatoms. The molecule has 0 spiro atoms. The molecule has 1 fully saturated rings. The first-order valence-electron chi connectivity index (χ1n) is 23.7. The summed E-state index contributed by atoms with van der Waals surface area (Å²) in [5.41, 5.74) is 0. The number of nitrogens with one attached hydrogen (secondary N) is 1. The first-order chi connectivity index (χ1) is 28.5. The van der Waals surface area contributed by atoms with E-state index in [0.717, 1.165) is 44.9 Å². The van der Waals surface area contributed by atoms with Crippen molar-refractivity contribution in [2.75, 3.05) is 13.2 Å². The molecule has 0 aromatic rings. The van der Waals surface area contributed by atoms with Crippen LogP contribution >= 0.6 is 0 Å². The largest absolute Gasteiger partial charge is 0.397 e. The average Bonchev–Trinajstić information content (AvgIpc) is 3.20. The van der Waals surface area contributed by atoms with E-state index >= 15 is 0 Å². The van der Waals surface area contributed by atoms with Crippen molar-refractivity contribution in [2.24, 2.45) is 0 Å². The molecule has 7 unspecified atom stereocenters. The Morgan fingerprint density at radius 2 is 1.08 bits per heavy atom. The van der Waals surface area contributed by atoms with E-state index in [9.17, 15) is 33.6 Å². The maximum absolute atomic E-state index is 13.0. The molecular formula is C46H87NO11S. The van der Waals surface area contributed by atoms with Gasteiger partial charge < -0.3 is 35.2 Å². The number of amides is 1. The summed E-state index contributed by atoms with van der Waals surface area (Å²) in [5.74, 6) is -0.268. The van der Waals surface area contributed by atoms with E-state index in [1.807, 2.05) is 6.08 Å². The molecule has 0 bridgehead atoms. The monoisotopic (exact) mass is 862 g/mol. The molecule has 1 saturated heterocycles. The SMILES string of the molecule is CCCCCCCCCCC/C=C/C(O)C(COC1OC(CO)C(O)C(OS(=O)(=O)O)C1O)NC(=O)CCCCCCCCC/C=C\CCCCCCCCCCCC. The van der Waals surface area contributed by atoms with Gasteiger partial charge in [0, 0.05) is 6.42 Å². The highest BCUT2D eigenvalue weighted by Crippen LogP contribution is 2.26. The summed E-state index contributed by atoms with van der Waals surface area (Å²) in [7, 11) is -5.08. The number of allylic oxidation sites excluding steroid dienone is 3. The number of carbonyl (C=O) groups excluding carboxylic acids is 1. The van der Waals surface area contributed by atoms with Crippen LogP contribution in [0.15, 0.2) is 24.3 Å². The molecular weight excluding hydrogens is 775 g/mol. The molecule has 0 aliphatic carbocycles. The van der Waals surface area contributed by atoms with Crippen LogP contribution in [0, 0.1) is 0 Å². The lowest BCUT2D eigenvalue weighted by atomic mass is 9.99. The second-order valence-corrected chi connectivity index (χ2v) is 17.7. The van der Waals surface area contributed by atoms with Gasteiger partial charge in [0.05, 0.1) is 25.4 Å². The molecule has 0 saturated carbocycles. The molecule has 1 heterocycles. The van der Waals surface area contributed by atoms with Crippen molar-refractivity contribution in [1.29, 1.82) is 0 Å². The Kier molecular flexibility index (Phi) is 35.0. The maximum atomic E-state index is 13.0. The highest BCUT2D eigenvalue weighted by molar-refractivity contribution is 7.80. The highest BCUT2D eigenvalue weighted by atomic mass is 32.3. The van der Waals surface area contributed by atoms with Gasteiger partial charge >= 0.3 is 10.4 Å². The van der Waals surface area contributed by atoms with Crippen molar-refractivity contribution in [3.63, 3.8) is 0 Å². The third kappa shape index (κ3) is 30.3. The summed E-state index contributed by atoms with van der Waals surface area (Å²) < 4.78 is 47.5. The quantitative estimate of drug-likeness (QED) is 0.0195. The highest BCUT2D eigenvalue weighted by Gasteiger charge is 2.48. The normalized spacial score (nSPS) is 21.1. The first kappa shape index (κ1) is 55.6. The van der Waals surface area contributed by atoms with Crippen LogP contribution in [0.1, 0.15) is 206 Å². The Hall–Kier alpha value is -1.42. The van der Waals surface area contributed by atoms with Gasteiger partial charge in [0.15, 0.2) is 6.29 Å². The van der Waals surface area contributed by atoms with Crippen molar-refractivity contribution < 1.29 is 51.8 Å². The topological polar surface area (TPSA) is 192 Å². The van der Waals surface area contributed by atoms with Crippen molar-refractivity contribution in [3.05, 3.63) is 24.3 Å². The number of hydrogen-bond donors (Lipinski definition) is 6. The lowest BCUT2D eigenvalue weighted by molar-refractivity contribution is -0.298. The second kappa shape index (κ2) is 37.2. The van der Waals surface area contributed by atoms with E-state index in [-0.39, 0.29) is 18.9 Å². The minimum Gasteiger partial charge on any atom is -0.394 e. The molecule has 0 radical (unpaired) electrons. The number of unbranched alkanes of at least 4 members (excludes halogenated alkanes) is 26. The molecule has 0 aromatic heterocycles. The predicted molar refractivity (Wildman–Crippen MR) is 236 cm³/mol. The van der Waals surface area contributed by atoms with Gasteiger partial charge in [-0.2, -0.15) is 8.42 Å². The summed E-state index contributed by atoms with van der Waals surface area (Å²) in [6.07, 6.45) is 33.7. The van der Waals surface area contributed by atoms with Crippen molar-refractivity contribution in [2.45, 2.75) is 249 Å². The molecule has 12 nitrogen and oxygen atoms in total. The van der Waals surface area contributed by atoms with Crippen LogP contribution < -0.4 is 5.32 Å². The second-order valence-electron chi connectivity index (χ2n) is 16.7. The predicted octanol–water partition coefficient (Wildman–Crippen LogP) is 9.33. The molecule has 6 N–H and O–H groups in total. The fourth-order valence-corrected chi connectivity index (χ4v) is 8.02. The number of ether oxygens (including phenoxy) is 2. The average molecular weight is 862 g/mol. The third-order valence-corrected chi connectivity index (χ3v) is 11.7. The summed E-state index contributed by atoms with van der Waals surface area (Å²) in [5, 5.41) is 44.6. The van der Waals surface area contributed by atoms with E-state index in [4.69, 9.17) is 14.0 Å². The number of aliphatic hydroxyl groups excluding tert-OH is 4. The lowest BCUT2D eigenvalue weighted by Gasteiger charge is -2.41. The zero-order valence-corrected chi connectivity index (χ0v) is 37.9. The van der Waals surface area contributed by atoms with E-state index < -0.39 is 59.9 Å². The number of carbonyl (C=O) groups is 1. The van der Waals surface area contributed by atoms with Crippen LogP contribution in [0.5, 0.6) is 0 Å². The Labute approximate surface area is 359 Å². The van der Waals surface area contributed by atoms with Crippen LogP contribution in [0.4, 0.5) is 0 Å². The van der Waals surface area contributed by atoms with Crippen molar-refractivity contribution in [1.82, 2.24) is 5.32 Å². The van der Waals surface area contributed by atoms with Crippen LogP contribution in [-0.4, -0.2) is 95.4 Å². The molecule has 1 aliphatic heterocycles. The molecule has 1 amide bonds. The van der Waals surface area contributed by atoms with Gasteiger partial charge in [0.2, 0.25) is 5.91 Å². The van der Waals surface area contributed by atoms with E-state index in [2.05, 4.69) is 35.5 Å². The summed E-state index contributed by atoms with van der Waals surface area (Å²) in [4.78, 5) is 13.0. The fourth-order valence-electron chi connectivity index (χ4n) is 7.51. The zero-order chi connectivity index (χ0) is 43.4. The molecule has 59 heavy (non-hydrogen) atoms. The van der Waals surface area contributed by atoms with Gasteiger partial charge in [-0.15, -0.1) is 0 Å². The van der Waals surface area contributed by atoms with E-state index in [1.165, 1.54) is 135 Å². The molecule has 7 atom stereocenters. The number of aliphatic hydroxyl groups is 4. The summed E-state index contributed by atoms with van der Waals surface area (Å²) in [6, 6.07) is -0.943. The standard InChI is InChI=1S/C46H87NO11S/c1-3-5-7-9-11-13-15-16-17-18-19-20-21-22-23-24-26-28-30-32-34-36-42(50)47-39(40(49)35-33-31-29-27-25-14-12-10-8-6-4-2)38-56-46-44(52)45(58-59(53,54)55)43(51)41(37-48)57-46/h20-21,33,35,39-41,43-46,48-49,51-52H,3-19,22-32,34,36-38H2,1-2H3,(H,47,50)(H,53,54,55)/b21-20-,35-33+. The first-order valence-corrected chi connectivity index (χ1v) is 25.1. The minimum absolute atomic E-state index is 0.265. The van der Waals surface area contributed by atoms with Crippen LogP contribution in [-0.2, 0) is 28.9 Å². The van der Waals surface area contributed by atoms with Crippen molar-refractivity contribution >= 4 is 16.3 Å². The fraction of sp³-hybridized carbons (Fsp3) is 0.891. The van der Waals surface area contributed by atoms with Crippen LogP contribution in [0.2, 0.25) is 0 Å². The molecule has 1 aliphatic rings. The minimum atomic E-state index is -5.08. The van der Waals surface area contributed by atoms with Gasteiger partial charge in [0.25, 0.3) is 0 Å². The Morgan fingerprint density at radius 3 is 1.53 bits per heavy atom. The summed E-state index contributed by atoms with van der Waals surface area (Å²) >= 11 is 0. The van der Waals surface area contributed by atoms with Crippen molar-refractivity contribution in [3.8, 4) is 0 Å². The van der Waals surface area contributed by atoms with Gasteiger partial charge in [-0.25, -0.2) is 4.18 Å². The zero-order valence-electron chi connectivity index (χ0n) is 37.1. The van der Waals surface area contributed by atoms with Crippen LogP contribution in [0.3, 0.4) is 0 Å². The summed E-state index contributed by atoms with van der Waals surface area (Å²) in [6.45, 7) is 3.37. The van der Waals surface area contributed by atoms with E-state index in [0.29, 0.717) is 6.42 Å². The van der Waals surface area contributed by atoms with Gasteiger partial charge in [-0.3, -0.25) is 9.35 Å². The van der Waals surface area contributed by atoms with Gasteiger partial charge in [-0.05, 0) is 44.9 Å². The molecule has 1 rings (SSSR count). The van der Waals surface area contributed by atoms with E-state index in [1.54, 1.807) is 6.08 Å². The Balaban J connectivity index is 2.45. The Morgan fingerprint density at radius 1 is 0.661 bits per heavy atom. The van der Waals surface area contributed by atoms with Gasteiger partial charge in [-0.1, -0.05) is 179 Å². The molecule has 348 valence electrons. The van der Waals surface area contributed by atoms with Crippen LogP contribution in [0.25, 0.3) is 0 Å². The number of rotatable bonds is 40. The lowest BCUT2D eigenvalue weighted by Crippen LogP contribution is -2.61. The maximum Gasteiger partial charge on any atom is 0.397 e. The Bertz CT molecular complexity index is 1150. The number of hydrogen-bond acceptors (Lipinski definition) is 10. The third-order valence-electron chi connectivity index (χ3n) is 11.2. The van der Waals surface area contributed by atoms with Gasteiger partial charge in [0.1, 0.15) is 24.4 Å². The smallest absolute Gasteiger partial charge is 0.394 e. The molecule has 0 aromatic carbocycles.